The molecule has 0 radical (unpaired) electrons. The molecule has 2 aromatic rings. The van der Waals surface area contributed by atoms with Crippen LogP contribution in [0.1, 0.15) is 12.5 Å². The molecule has 72 valence electrons. The number of aryl methyl sites for hydroxylation is 1. The molecule has 14 heavy (non-hydrogen) atoms. The first-order chi connectivity index (χ1) is 6.70. The molecule has 1 aromatic carbocycles. The Morgan fingerprint density at radius 1 is 1.21 bits per heavy atom. The zero-order valence-electron chi connectivity index (χ0n) is 7.59. The van der Waals surface area contributed by atoms with Gasteiger partial charge < -0.3 is 0 Å². The summed E-state index contributed by atoms with van der Waals surface area (Å²) in [4.78, 5) is 7.98. The summed E-state index contributed by atoms with van der Waals surface area (Å²) >= 11 is 11.6. The maximum Gasteiger partial charge on any atom is 0.224 e. The van der Waals surface area contributed by atoms with E-state index in [1.54, 1.807) is 0 Å². The molecule has 0 atom stereocenters. The largest absolute Gasteiger partial charge is 0.224 e. The predicted molar refractivity (Wildman–Crippen MR) is 58.9 cm³/mol. The molecule has 2 rings (SSSR count). The molecule has 1 aromatic heterocycles. The van der Waals surface area contributed by atoms with E-state index in [1.165, 1.54) is 5.56 Å². The topological polar surface area (TPSA) is 25.8 Å². The van der Waals surface area contributed by atoms with E-state index in [-0.39, 0.29) is 5.28 Å². The van der Waals surface area contributed by atoms with Gasteiger partial charge >= 0.3 is 0 Å². The van der Waals surface area contributed by atoms with Gasteiger partial charge in [-0.15, -0.1) is 0 Å². The Balaban J connectivity index is 2.75. The molecule has 0 N–H and O–H groups in total. The van der Waals surface area contributed by atoms with Gasteiger partial charge in [0.2, 0.25) is 5.28 Å². The molecular formula is C10H8Cl2N2. The second-order valence-corrected chi connectivity index (χ2v) is 3.68. The molecule has 1 heterocycles. The number of hydrogen-bond donors (Lipinski definition) is 0. The van der Waals surface area contributed by atoms with Crippen molar-refractivity contribution in [2.75, 3.05) is 0 Å². The molecule has 0 saturated carbocycles. The number of rotatable bonds is 1. The van der Waals surface area contributed by atoms with Gasteiger partial charge in [0.1, 0.15) is 5.15 Å². The highest BCUT2D eigenvalue weighted by molar-refractivity contribution is 6.35. The predicted octanol–water partition coefficient (Wildman–Crippen LogP) is 3.50. The molecule has 2 nitrogen and oxygen atoms in total. The third-order valence-electron chi connectivity index (χ3n) is 2.09. The Morgan fingerprint density at radius 3 is 2.71 bits per heavy atom. The monoisotopic (exact) mass is 226 g/mol. The van der Waals surface area contributed by atoms with Crippen LogP contribution in [0.2, 0.25) is 10.4 Å². The van der Waals surface area contributed by atoms with Gasteiger partial charge in [0, 0.05) is 5.39 Å². The average Bonchev–Trinajstić information content (AvgIpc) is 2.17. The van der Waals surface area contributed by atoms with Crippen LogP contribution in [0.3, 0.4) is 0 Å². The van der Waals surface area contributed by atoms with Crippen LogP contribution in [0, 0.1) is 0 Å². The van der Waals surface area contributed by atoms with Gasteiger partial charge in [-0.2, -0.15) is 0 Å². The minimum Gasteiger partial charge on any atom is -0.218 e. The van der Waals surface area contributed by atoms with E-state index < -0.39 is 0 Å². The Labute approximate surface area is 91.9 Å². The van der Waals surface area contributed by atoms with Gasteiger partial charge in [-0.1, -0.05) is 24.6 Å². The SMILES string of the molecule is CCc1ccc2nc(Cl)nc(Cl)c2c1. The highest BCUT2D eigenvalue weighted by Gasteiger charge is 2.04. The first-order valence-corrected chi connectivity index (χ1v) is 5.08. The highest BCUT2D eigenvalue weighted by atomic mass is 35.5. The number of nitrogens with zero attached hydrogens (tertiary/aromatic N) is 2. The summed E-state index contributed by atoms with van der Waals surface area (Å²) in [5, 5.41) is 1.46. The van der Waals surface area contributed by atoms with Crippen LogP contribution in [0.5, 0.6) is 0 Å². The molecule has 0 aliphatic heterocycles. The fraction of sp³-hybridized carbons (Fsp3) is 0.200. The summed E-state index contributed by atoms with van der Waals surface area (Å²) in [7, 11) is 0. The van der Waals surface area contributed by atoms with E-state index >= 15 is 0 Å². The van der Waals surface area contributed by atoms with Crippen molar-refractivity contribution < 1.29 is 0 Å². The standard InChI is InChI=1S/C10H8Cl2N2/c1-2-6-3-4-8-7(5-6)9(11)14-10(12)13-8/h3-5H,2H2,1H3. The van der Waals surface area contributed by atoms with Gasteiger partial charge in [0.05, 0.1) is 5.52 Å². The van der Waals surface area contributed by atoms with Crippen molar-refractivity contribution in [2.45, 2.75) is 13.3 Å². The maximum absolute atomic E-state index is 5.96. The average molecular weight is 227 g/mol. The lowest BCUT2D eigenvalue weighted by atomic mass is 10.1. The second kappa shape index (κ2) is 3.71. The summed E-state index contributed by atoms with van der Waals surface area (Å²) < 4.78 is 0. The molecule has 4 heteroatoms. The van der Waals surface area contributed by atoms with Crippen molar-refractivity contribution in [3.05, 3.63) is 34.2 Å². The zero-order valence-corrected chi connectivity index (χ0v) is 9.10. The smallest absolute Gasteiger partial charge is 0.218 e. The summed E-state index contributed by atoms with van der Waals surface area (Å²) in [6.45, 7) is 2.09. The molecule has 0 saturated heterocycles. The number of halogens is 2. The van der Waals surface area contributed by atoms with E-state index in [1.807, 2.05) is 18.2 Å². The van der Waals surface area contributed by atoms with Crippen molar-refractivity contribution >= 4 is 34.1 Å². The van der Waals surface area contributed by atoms with Crippen molar-refractivity contribution in [1.82, 2.24) is 9.97 Å². The highest BCUT2D eigenvalue weighted by Crippen LogP contribution is 2.23. The maximum atomic E-state index is 5.96. The lowest BCUT2D eigenvalue weighted by Crippen LogP contribution is -1.88. The molecule has 0 fully saturated rings. The third-order valence-corrected chi connectivity index (χ3v) is 2.55. The zero-order chi connectivity index (χ0) is 10.1. The molecule has 0 unspecified atom stereocenters. The van der Waals surface area contributed by atoms with Gasteiger partial charge in [-0.05, 0) is 35.7 Å². The Kier molecular flexibility index (Phi) is 2.57. The normalized spacial score (nSPS) is 10.8. The number of hydrogen-bond acceptors (Lipinski definition) is 2. The van der Waals surface area contributed by atoms with Crippen LogP contribution >= 0.6 is 23.2 Å². The van der Waals surface area contributed by atoms with E-state index in [9.17, 15) is 0 Å². The van der Waals surface area contributed by atoms with Crippen LogP contribution < -0.4 is 0 Å². The van der Waals surface area contributed by atoms with Crippen molar-refractivity contribution in [3.8, 4) is 0 Å². The molecule has 0 amide bonds. The summed E-state index contributed by atoms with van der Waals surface area (Å²) in [5.74, 6) is 0. The fourth-order valence-electron chi connectivity index (χ4n) is 1.33. The van der Waals surface area contributed by atoms with Crippen molar-refractivity contribution in [3.63, 3.8) is 0 Å². The molecule has 0 aliphatic carbocycles. The number of benzene rings is 1. The first-order valence-electron chi connectivity index (χ1n) is 4.32. The van der Waals surface area contributed by atoms with Gasteiger partial charge in [-0.3, -0.25) is 0 Å². The molecular weight excluding hydrogens is 219 g/mol. The minimum atomic E-state index is 0.187. The van der Waals surface area contributed by atoms with Crippen molar-refractivity contribution in [1.29, 1.82) is 0 Å². The summed E-state index contributed by atoms with van der Waals surface area (Å²) in [6, 6.07) is 5.92. The number of fused-ring (bicyclic) bond motifs is 1. The van der Waals surface area contributed by atoms with Gasteiger partial charge in [0.15, 0.2) is 0 Å². The summed E-state index contributed by atoms with van der Waals surface area (Å²) in [6.07, 6.45) is 0.967. The Morgan fingerprint density at radius 2 is 2.00 bits per heavy atom. The van der Waals surface area contributed by atoms with E-state index in [4.69, 9.17) is 23.2 Å². The van der Waals surface area contributed by atoms with Crippen LogP contribution in [-0.2, 0) is 6.42 Å². The first kappa shape index (κ1) is 9.69. The van der Waals surface area contributed by atoms with E-state index in [0.29, 0.717) is 5.15 Å². The van der Waals surface area contributed by atoms with Crippen molar-refractivity contribution in [2.24, 2.45) is 0 Å². The Hall–Kier alpha value is -0.860. The molecule has 0 aliphatic rings. The summed E-state index contributed by atoms with van der Waals surface area (Å²) in [5.41, 5.74) is 2.00. The molecule has 0 bridgehead atoms. The lowest BCUT2D eigenvalue weighted by Gasteiger charge is -2.02. The van der Waals surface area contributed by atoms with Gasteiger partial charge in [0.25, 0.3) is 0 Å². The third kappa shape index (κ3) is 1.68. The Bertz CT molecular complexity index is 483. The van der Waals surface area contributed by atoms with Crippen LogP contribution in [0.25, 0.3) is 10.9 Å². The van der Waals surface area contributed by atoms with E-state index in [0.717, 1.165) is 17.3 Å². The quantitative estimate of drug-likeness (QED) is 0.550. The molecule has 0 spiro atoms. The van der Waals surface area contributed by atoms with Gasteiger partial charge in [-0.25, -0.2) is 9.97 Å². The second-order valence-electron chi connectivity index (χ2n) is 2.99. The minimum absolute atomic E-state index is 0.187. The van der Waals surface area contributed by atoms with Crippen LogP contribution in [0.4, 0.5) is 0 Å². The van der Waals surface area contributed by atoms with E-state index in [2.05, 4.69) is 16.9 Å². The fourth-order valence-corrected chi connectivity index (χ4v) is 1.78. The number of aromatic nitrogens is 2. The lowest BCUT2D eigenvalue weighted by molar-refractivity contribution is 1.14. The van der Waals surface area contributed by atoms with Crippen LogP contribution in [-0.4, -0.2) is 9.97 Å². The van der Waals surface area contributed by atoms with Crippen LogP contribution in [0.15, 0.2) is 18.2 Å².